The number of hydrogen-bond donors (Lipinski definition) is 2. The van der Waals surface area contributed by atoms with Gasteiger partial charge in [0.25, 0.3) is 11.8 Å². The van der Waals surface area contributed by atoms with Crippen LogP contribution >= 0.6 is 0 Å². The Morgan fingerprint density at radius 2 is 1.89 bits per heavy atom. The van der Waals surface area contributed by atoms with Crippen LogP contribution in [-0.2, 0) is 0 Å². The zero-order chi connectivity index (χ0) is 25.8. The molecule has 0 bridgehead atoms. The van der Waals surface area contributed by atoms with E-state index in [0.717, 1.165) is 24.0 Å². The van der Waals surface area contributed by atoms with Crippen molar-refractivity contribution in [1.29, 1.82) is 5.26 Å². The van der Waals surface area contributed by atoms with Crippen molar-refractivity contribution in [2.24, 2.45) is 5.73 Å². The number of benzene rings is 1. The number of anilines is 1. The normalized spacial score (nSPS) is 13.9. The van der Waals surface area contributed by atoms with E-state index in [-0.39, 0.29) is 11.9 Å². The number of nitrogens with zero attached hydrogens (tertiary/aromatic N) is 4. The van der Waals surface area contributed by atoms with Crippen LogP contribution in [0.15, 0.2) is 48.7 Å². The van der Waals surface area contributed by atoms with Crippen molar-refractivity contribution in [3.63, 3.8) is 0 Å². The van der Waals surface area contributed by atoms with Crippen LogP contribution in [0.3, 0.4) is 0 Å². The lowest BCUT2D eigenvalue weighted by atomic mass is 9.90. The molecule has 2 aromatic heterocycles. The Bertz CT molecular complexity index is 1320. The number of nitrogens with one attached hydrogen (secondary N) is 1. The number of primary amides is 1. The molecule has 0 atom stereocenters. The number of carbonyl (C=O) groups excluding carboxylic acids is 2. The molecule has 4 rings (SSSR count). The van der Waals surface area contributed by atoms with Gasteiger partial charge in [0, 0.05) is 36.5 Å². The van der Waals surface area contributed by atoms with Gasteiger partial charge >= 0.3 is 0 Å². The fourth-order valence-corrected chi connectivity index (χ4v) is 4.56. The molecular weight excluding hydrogens is 452 g/mol. The summed E-state index contributed by atoms with van der Waals surface area (Å²) in [5.41, 5.74) is 10.1. The highest BCUT2D eigenvalue weighted by Gasteiger charge is 2.26. The number of carbonyl (C=O) groups is 2. The highest BCUT2D eigenvalue weighted by molar-refractivity contribution is 6.01. The van der Waals surface area contributed by atoms with E-state index in [2.05, 4.69) is 15.3 Å². The Balaban J connectivity index is 1.56. The highest BCUT2D eigenvalue weighted by Crippen LogP contribution is 2.31. The second-order valence-corrected chi connectivity index (χ2v) is 9.44. The van der Waals surface area contributed by atoms with E-state index in [0.29, 0.717) is 52.9 Å². The standard InChI is InChI=1S/C28H30N6O2/c1-17(2)32-25-9-8-23(27(30)35)26(33-25)24-14-20(5-4-18(24)3)28(36)34-12-10-19(11-13-34)21-6-7-22(15-29)31-16-21/h4-9,14,16-17,19H,10-13H2,1-3H3,(H2,30,35)(H,32,33). The Morgan fingerprint density at radius 1 is 1.14 bits per heavy atom. The summed E-state index contributed by atoms with van der Waals surface area (Å²) in [5, 5.41) is 12.2. The lowest BCUT2D eigenvalue weighted by Crippen LogP contribution is -2.38. The van der Waals surface area contributed by atoms with Gasteiger partial charge < -0.3 is 16.0 Å². The number of nitrogens with two attached hydrogens (primary N) is 1. The average Bonchev–Trinajstić information content (AvgIpc) is 2.88. The monoisotopic (exact) mass is 482 g/mol. The minimum absolute atomic E-state index is 0.0512. The first-order valence-corrected chi connectivity index (χ1v) is 12.1. The minimum atomic E-state index is -0.566. The molecule has 36 heavy (non-hydrogen) atoms. The largest absolute Gasteiger partial charge is 0.368 e. The minimum Gasteiger partial charge on any atom is -0.368 e. The fourth-order valence-electron chi connectivity index (χ4n) is 4.56. The number of nitriles is 1. The lowest BCUT2D eigenvalue weighted by molar-refractivity contribution is 0.0713. The number of hydrogen-bond acceptors (Lipinski definition) is 6. The van der Waals surface area contributed by atoms with Crippen LogP contribution in [0.2, 0.25) is 0 Å². The van der Waals surface area contributed by atoms with Gasteiger partial charge in [-0.05, 0) is 81.0 Å². The van der Waals surface area contributed by atoms with Gasteiger partial charge in [0.2, 0.25) is 0 Å². The highest BCUT2D eigenvalue weighted by atomic mass is 16.2. The number of rotatable bonds is 6. The molecule has 1 aliphatic heterocycles. The molecule has 184 valence electrons. The molecule has 0 radical (unpaired) electrons. The van der Waals surface area contributed by atoms with E-state index in [1.165, 1.54) is 0 Å². The lowest BCUT2D eigenvalue weighted by Gasteiger charge is -2.32. The molecule has 1 saturated heterocycles. The van der Waals surface area contributed by atoms with Crippen molar-refractivity contribution in [2.75, 3.05) is 18.4 Å². The Labute approximate surface area is 211 Å². The van der Waals surface area contributed by atoms with Gasteiger partial charge in [-0.1, -0.05) is 12.1 Å². The molecule has 0 spiro atoms. The first kappa shape index (κ1) is 24.9. The predicted molar refractivity (Wildman–Crippen MR) is 139 cm³/mol. The quantitative estimate of drug-likeness (QED) is 0.541. The number of pyridine rings is 2. The van der Waals surface area contributed by atoms with E-state index < -0.39 is 5.91 Å². The maximum Gasteiger partial charge on any atom is 0.253 e. The van der Waals surface area contributed by atoms with Crippen LogP contribution in [0.1, 0.15) is 70.1 Å². The molecule has 0 saturated carbocycles. The third-order valence-electron chi connectivity index (χ3n) is 6.49. The maximum absolute atomic E-state index is 13.4. The molecule has 1 fully saturated rings. The van der Waals surface area contributed by atoms with Gasteiger partial charge in [-0.15, -0.1) is 0 Å². The third-order valence-corrected chi connectivity index (χ3v) is 6.49. The van der Waals surface area contributed by atoms with Crippen LogP contribution in [0.25, 0.3) is 11.3 Å². The maximum atomic E-state index is 13.4. The third kappa shape index (κ3) is 5.36. The summed E-state index contributed by atoms with van der Waals surface area (Å²) in [6, 6.07) is 14.8. The van der Waals surface area contributed by atoms with E-state index in [1.54, 1.807) is 24.4 Å². The summed E-state index contributed by atoms with van der Waals surface area (Å²) in [5.74, 6) is 0.329. The van der Waals surface area contributed by atoms with Crippen molar-refractivity contribution in [2.45, 2.75) is 45.6 Å². The smallest absolute Gasteiger partial charge is 0.253 e. The number of amides is 2. The zero-order valence-corrected chi connectivity index (χ0v) is 20.8. The number of likely N-dealkylation sites (tertiary alicyclic amines) is 1. The molecule has 1 aliphatic rings. The van der Waals surface area contributed by atoms with Crippen molar-refractivity contribution in [3.05, 3.63) is 76.6 Å². The van der Waals surface area contributed by atoms with Crippen LogP contribution in [0.4, 0.5) is 5.82 Å². The van der Waals surface area contributed by atoms with E-state index in [1.807, 2.05) is 56.0 Å². The molecular formula is C28H30N6O2. The molecule has 2 amide bonds. The van der Waals surface area contributed by atoms with Gasteiger partial charge in [0.1, 0.15) is 17.6 Å². The van der Waals surface area contributed by atoms with E-state index in [9.17, 15) is 9.59 Å². The summed E-state index contributed by atoms with van der Waals surface area (Å²) in [6.07, 6.45) is 3.42. The van der Waals surface area contributed by atoms with Crippen LogP contribution < -0.4 is 11.1 Å². The Hall–Kier alpha value is -4.25. The molecule has 3 N–H and O–H groups in total. The Kier molecular flexibility index (Phi) is 7.30. The molecule has 0 aliphatic carbocycles. The number of aryl methyl sites for hydroxylation is 1. The second kappa shape index (κ2) is 10.6. The molecule has 3 aromatic rings. The molecule has 3 heterocycles. The van der Waals surface area contributed by atoms with Crippen molar-refractivity contribution >= 4 is 17.6 Å². The van der Waals surface area contributed by atoms with E-state index in [4.69, 9.17) is 11.0 Å². The van der Waals surface area contributed by atoms with Gasteiger partial charge in [0.05, 0.1) is 11.3 Å². The topological polar surface area (TPSA) is 125 Å². The summed E-state index contributed by atoms with van der Waals surface area (Å²) in [4.78, 5) is 36.3. The number of aromatic nitrogens is 2. The SMILES string of the molecule is Cc1ccc(C(=O)N2CCC(c3ccc(C#N)nc3)CC2)cc1-c1nc(NC(C)C)ccc1C(N)=O. The average molecular weight is 483 g/mol. The number of piperidine rings is 1. The summed E-state index contributed by atoms with van der Waals surface area (Å²) in [6.45, 7) is 7.20. The van der Waals surface area contributed by atoms with Crippen LogP contribution in [-0.4, -0.2) is 45.8 Å². The van der Waals surface area contributed by atoms with Gasteiger partial charge in [-0.25, -0.2) is 9.97 Å². The van der Waals surface area contributed by atoms with Crippen molar-refractivity contribution in [3.8, 4) is 17.3 Å². The predicted octanol–water partition coefficient (Wildman–Crippen LogP) is 4.26. The zero-order valence-electron chi connectivity index (χ0n) is 20.8. The van der Waals surface area contributed by atoms with E-state index >= 15 is 0 Å². The van der Waals surface area contributed by atoms with Gasteiger partial charge in [0.15, 0.2) is 0 Å². The summed E-state index contributed by atoms with van der Waals surface area (Å²) in [7, 11) is 0. The second-order valence-electron chi connectivity index (χ2n) is 9.44. The van der Waals surface area contributed by atoms with Gasteiger partial charge in [-0.2, -0.15) is 5.26 Å². The summed E-state index contributed by atoms with van der Waals surface area (Å²) < 4.78 is 0. The van der Waals surface area contributed by atoms with Crippen LogP contribution in [0.5, 0.6) is 0 Å². The Morgan fingerprint density at radius 3 is 2.50 bits per heavy atom. The molecule has 1 aromatic carbocycles. The molecule has 8 heteroatoms. The first-order valence-electron chi connectivity index (χ1n) is 12.1. The fraction of sp³-hybridized carbons (Fsp3) is 0.321. The van der Waals surface area contributed by atoms with Crippen molar-refractivity contribution < 1.29 is 9.59 Å². The summed E-state index contributed by atoms with van der Waals surface area (Å²) >= 11 is 0. The van der Waals surface area contributed by atoms with Crippen LogP contribution in [0, 0.1) is 18.3 Å². The first-order chi connectivity index (χ1) is 17.3. The molecule has 8 nitrogen and oxygen atoms in total. The molecule has 0 unspecified atom stereocenters. The van der Waals surface area contributed by atoms with Gasteiger partial charge in [-0.3, -0.25) is 9.59 Å². The van der Waals surface area contributed by atoms with Crippen molar-refractivity contribution in [1.82, 2.24) is 14.9 Å².